The number of Topliss-reactive ketones (excluding diaryl/α,β-unsaturated/α-hetero) is 1. The van der Waals surface area contributed by atoms with Gasteiger partial charge in [0, 0.05) is 17.2 Å². The predicted molar refractivity (Wildman–Crippen MR) is 97.5 cm³/mol. The van der Waals surface area contributed by atoms with Gasteiger partial charge in [-0.3, -0.25) is 9.59 Å². The zero-order valence-electron chi connectivity index (χ0n) is 15.8. The Balaban J connectivity index is 2.75. The smallest absolute Gasteiger partial charge is 0.331 e. The molecule has 1 rings (SSSR count). The maximum Gasteiger partial charge on any atom is 0.331 e. The number of ketones is 2. The molecule has 0 aromatic heterocycles. The van der Waals surface area contributed by atoms with Crippen molar-refractivity contribution in [3.8, 4) is 0 Å². The minimum Gasteiger partial charge on any atom is -0.490 e. The van der Waals surface area contributed by atoms with Gasteiger partial charge in [0.1, 0.15) is 0 Å². The molecule has 1 N–H and O–H groups in total. The van der Waals surface area contributed by atoms with Crippen molar-refractivity contribution in [2.24, 2.45) is 0 Å². The summed E-state index contributed by atoms with van der Waals surface area (Å²) in [6.07, 6.45) is 10.2. The molecular formula is C20H28O6. The summed E-state index contributed by atoms with van der Waals surface area (Å²) in [7, 11) is 2.54. The average Bonchev–Trinajstić information content (AvgIpc) is 2.61. The van der Waals surface area contributed by atoms with Gasteiger partial charge in [0.2, 0.25) is 23.1 Å². The molecule has 0 saturated carbocycles. The van der Waals surface area contributed by atoms with E-state index in [4.69, 9.17) is 9.47 Å². The van der Waals surface area contributed by atoms with Crippen LogP contribution in [0.25, 0.3) is 0 Å². The number of hydrogen-bond acceptors (Lipinski definition) is 5. The standard InChI is InChI=1S/C20H28O6/c1-4-5-6-7-8-9-10-11-14(20(23)24)12-15-13-16(21)18(25-2)19(26-3)17(15)22/h12-13H,4-11H2,1-3H3,(H,23,24)/b14-12+. The number of hydrogen-bond donors (Lipinski definition) is 1. The van der Waals surface area contributed by atoms with Crippen LogP contribution in [-0.2, 0) is 23.9 Å². The van der Waals surface area contributed by atoms with Crippen LogP contribution in [0.2, 0.25) is 0 Å². The average molecular weight is 364 g/mol. The number of rotatable bonds is 12. The quantitative estimate of drug-likeness (QED) is 0.322. The van der Waals surface area contributed by atoms with E-state index in [1.807, 2.05) is 0 Å². The molecule has 6 heteroatoms. The van der Waals surface area contributed by atoms with Gasteiger partial charge in [-0.15, -0.1) is 0 Å². The molecule has 0 amide bonds. The zero-order valence-corrected chi connectivity index (χ0v) is 15.8. The SMILES string of the molecule is CCCCCCCCC/C(=C\C1=CC(=O)C(OC)=C(OC)C1=O)C(=O)O. The van der Waals surface area contributed by atoms with Crippen molar-refractivity contribution in [2.45, 2.75) is 58.3 Å². The highest BCUT2D eigenvalue weighted by Crippen LogP contribution is 2.23. The lowest BCUT2D eigenvalue weighted by Gasteiger charge is -2.15. The lowest BCUT2D eigenvalue weighted by molar-refractivity contribution is -0.132. The number of unbranched alkanes of at least 4 members (excludes halogenated alkanes) is 6. The first-order chi connectivity index (χ1) is 12.5. The Bertz CT molecular complexity index is 624. The Morgan fingerprint density at radius 2 is 1.58 bits per heavy atom. The van der Waals surface area contributed by atoms with Crippen molar-refractivity contribution >= 4 is 17.5 Å². The van der Waals surface area contributed by atoms with Crippen LogP contribution in [-0.4, -0.2) is 36.9 Å². The Morgan fingerprint density at radius 1 is 1.00 bits per heavy atom. The molecule has 0 aromatic carbocycles. The highest BCUT2D eigenvalue weighted by Gasteiger charge is 2.30. The fourth-order valence-electron chi connectivity index (χ4n) is 2.81. The molecule has 0 fully saturated rings. The molecule has 0 spiro atoms. The van der Waals surface area contributed by atoms with Crippen molar-refractivity contribution in [1.82, 2.24) is 0 Å². The fourth-order valence-corrected chi connectivity index (χ4v) is 2.81. The van der Waals surface area contributed by atoms with Gasteiger partial charge in [0.05, 0.1) is 14.2 Å². The number of allylic oxidation sites excluding steroid dienone is 3. The van der Waals surface area contributed by atoms with Crippen LogP contribution in [0.3, 0.4) is 0 Å². The number of carbonyl (C=O) groups is 3. The van der Waals surface area contributed by atoms with Crippen molar-refractivity contribution in [2.75, 3.05) is 14.2 Å². The molecule has 1 aliphatic carbocycles. The van der Waals surface area contributed by atoms with E-state index in [-0.39, 0.29) is 22.7 Å². The number of ether oxygens (including phenoxy) is 2. The second-order valence-corrected chi connectivity index (χ2v) is 6.21. The van der Waals surface area contributed by atoms with Gasteiger partial charge in [0.25, 0.3) is 0 Å². The Hall–Kier alpha value is -2.37. The van der Waals surface area contributed by atoms with E-state index in [0.29, 0.717) is 6.42 Å². The summed E-state index contributed by atoms with van der Waals surface area (Å²) in [4.78, 5) is 35.9. The number of methoxy groups -OCH3 is 2. The number of carboxylic acids is 1. The largest absolute Gasteiger partial charge is 0.490 e. The third-order valence-electron chi connectivity index (χ3n) is 4.25. The summed E-state index contributed by atoms with van der Waals surface area (Å²) in [6.45, 7) is 2.16. The molecule has 0 aliphatic heterocycles. The second kappa shape index (κ2) is 11.3. The molecule has 1 aliphatic rings. The molecule has 0 atom stereocenters. The van der Waals surface area contributed by atoms with E-state index in [1.54, 1.807) is 0 Å². The summed E-state index contributed by atoms with van der Waals surface area (Å²) in [5.74, 6) is -2.53. The first-order valence-corrected chi connectivity index (χ1v) is 9.03. The van der Waals surface area contributed by atoms with Gasteiger partial charge in [0.15, 0.2) is 0 Å². The van der Waals surface area contributed by atoms with Crippen LogP contribution < -0.4 is 0 Å². The van der Waals surface area contributed by atoms with Crippen molar-refractivity contribution in [1.29, 1.82) is 0 Å². The fraction of sp³-hybridized carbons (Fsp3) is 0.550. The third-order valence-corrected chi connectivity index (χ3v) is 4.25. The molecule has 0 radical (unpaired) electrons. The summed E-state index contributed by atoms with van der Waals surface area (Å²) < 4.78 is 9.86. The van der Waals surface area contributed by atoms with Crippen LogP contribution in [0.4, 0.5) is 0 Å². The molecule has 6 nitrogen and oxygen atoms in total. The maximum atomic E-state index is 12.4. The van der Waals surface area contributed by atoms with Crippen LogP contribution in [0.15, 0.2) is 34.8 Å². The van der Waals surface area contributed by atoms with Gasteiger partial charge in [-0.05, 0) is 18.9 Å². The normalized spacial score (nSPS) is 15.2. The number of carbonyl (C=O) groups excluding carboxylic acids is 2. The van der Waals surface area contributed by atoms with Gasteiger partial charge < -0.3 is 14.6 Å². The van der Waals surface area contributed by atoms with E-state index in [9.17, 15) is 19.5 Å². The van der Waals surface area contributed by atoms with Gasteiger partial charge in [-0.1, -0.05) is 45.4 Å². The summed E-state index contributed by atoms with van der Waals surface area (Å²) in [5.41, 5.74) is 0.121. The van der Waals surface area contributed by atoms with E-state index in [1.165, 1.54) is 39.6 Å². The molecular weight excluding hydrogens is 336 g/mol. The highest BCUT2D eigenvalue weighted by atomic mass is 16.5. The van der Waals surface area contributed by atoms with E-state index < -0.39 is 17.5 Å². The van der Waals surface area contributed by atoms with Crippen LogP contribution in [0.1, 0.15) is 58.3 Å². The van der Waals surface area contributed by atoms with Crippen LogP contribution in [0.5, 0.6) is 0 Å². The van der Waals surface area contributed by atoms with Crippen molar-refractivity contribution in [3.05, 3.63) is 34.8 Å². The number of carboxylic acid groups (broad SMARTS) is 1. The molecule has 0 bridgehead atoms. The van der Waals surface area contributed by atoms with E-state index in [0.717, 1.165) is 31.8 Å². The Labute approximate surface area is 154 Å². The Kier molecular flexibility index (Phi) is 9.41. The minimum absolute atomic E-state index is 0.00740. The lowest BCUT2D eigenvalue weighted by atomic mass is 9.96. The molecule has 0 aromatic rings. The van der Waals surface area contributed by atoms with Crippen molar-refractivity contribution < 1.29 is 29.0 Å². The first kappa shape index (κ1) is 21.7. The lowest BCUT2D eigenvalue weighted by Crippen LogP contribution is -2.21. The van der Waals surface area contributed by atoms with Crippen LogP contribution in [0, 0.1) is 0 Å². The molecule has 144 valence electrons. The van der Waals surface area contributed by atoms with E-state index >= 15 is 0 Å². The molecule has 0 heterocycles. The van der Waals surface area contributed by atoms with Gasteiger partial charge in [-0.2, -0.15) is 0 Å². The monoisotopic (exact) mass is 364 g/mol. The summed E-state index contributed by atoms with van der Waals surface area (Å²) in [6, 6.07) is 0. The van der Waals surface area contributed by atoms with Crippen LogP contribution >= 0.6 is 0 Å². The first-order valence-electron chi connectivity index (χ1n) is 9.03. The topological polar surface area (TPSA) is 89.9 Å². The maximum absolute atomic E-state index is 12.4. The predicted octanol–water partition coefficient (Wildman–Crippen LogP) is 3.72. The highest BCUT2D eigenvalue weighted by molar-refractivity contribution is 6.22. The van der Waals surface area contributed by atoms with Gasteiger partial charge >= 0.3 is 5.97 Å². The molecule has 0 unspecified atom stereocenters. The summed E-state index contributed by atoms with van der Waals surface area (Å²) >= 11 is 0. The molecule has 26 heavy (non-hydrogen) atoms. The third kappa shape index (κ3) is 6.17. The second-order valence-electron chi connectivity index (χ2n) is 6.21. The number of aliphatic carboxylic acids is 1. The van der Waals surface area contributed by atoms with Gasteiger partial charge in [-0.25, -0.2) is 4.79 Å². The minimum atomic E-state index is -1.09. The zero-order chi connectivity index (χ0) is 19.5. The molecule has 0 saturated heterocycles. The Morgan fingerprint density at radius 3 is 2.12 bits per heavy atom. The summed E-state index contributed by atoms with van der Waals surface area (Å²) in [5, 5.41) is 9.39. The van der Waals surface area contributed by atoms with Crippen molar-refractivity contribution in [3.63, 3.8) is 0 Å². The van der Waals surface area contributed by atoms with E-state index in [2.05, 4.69) is 6.92 Å².